The number of hydrogen-bond acceptors (Lipinski definition) is 3. The normalized spacial score (nSPS) is 14.5. The summed E-state index contributed by atoms with van der Waals surface area (Å²) in [5.41, 5.74) is 1.15. The molecule has 0 amide bonds. The van der Waals surface area contributed by atoms with Crippen LogP contribution in [0.5, 0.6) is 0 Å². The second kappa shape index (κ2) is 5.12. The van der Waals surface area contributed by atoms with Crippen LogP contribution >= 0.6 is 11.3 Å². The number of benzene rings is 1. The molecule has 4 heteroatoms. The molecular weight excluding hydrogens is 252 g/mol. The second-order valence-corrected chi connectivity index (χ2v) is 6.30. The van der Waals surface area contributed by atoms with Gasteiger partial charge in [0.1, 0.15) is 0 Å². The van der Waals surface area contributed by atoms with Gasteiger partial charge in [-0.05, 0) is 37.4 Å². The van der Waals surface area contributed by atoms with Crippen LogP contribution in [0, 0.1) is 6.92 Å². The maximum atomic E-state index is 12.4. The van der Waals surface area contributed by atoms with E-state index in [1.165, 1.54) is 11.3 Å². The van der Waals surface area contributed by atoms with Crippen molar-refractivity contribution in [3.05, 3.63) is 46.2 Å². The number of aryl methyl sites for hydroxylation is 1. The van der Waals surface area contributed by atoms with Crippen molar-refractivity contribution in [3.63, 3.8) is 0 Å². The molecule has 2 atom stereocenters. The lowest BCUT2D eigenvalue weighted by molar-refractivity contribution is 0.200. The fourth-order valence-corrected chi connectivity index (χ4v) is 3.93. The minimum atomic E-state index is -1.21. The Hall–Kier alpha value is -0.970. The molecule has 0 bridgehead atoms. The third kappa shape index (κ3) is 2.65. The number of aliphatic hydroxyl groups is 1. The van der Waals surface area contributed by atoms with E-state index in [0.717, 1.165) is 15.3 Å². The SMILES string of the molecule is Cc1ccc(S(=O)c2ccsc2[C@@H](C)O)cc1. The summed E-state index contributed by atoms with van der Waals surface area (Å²) in [6.07, 6.45) is -0.570. The zero-order chi connectivity index (χ0) is 12.4. The van der Waals surface area contributed by atoms with Gasteiger partial charge in [-0.3, -0.25) is 0 Å². The van der Waals surface area contributed by atoms with Gasteiger partial charge in [0, 0.05) is 9.77 Å². The molecule has 90 valence electrons. The fourth-order valence-electron chi connectivity index (χ4n) is 1.56. The summed E-state index contributed by atoms with van der Waals surface area (Å²) in [5, 5.41) is 11.5. The molecule has 2 nitrogen and oxygen atoms in total. The first-order valence-corrected chi connectivity index (χ1v) is 7.36. The van der Waals surface area contributed by atoms with Crippen LogP contribution in [-0.2, 0) is 10.8 Å². The van der Waals surface area contributed by atoms with E-state index in [4.69, 9.17) is 0 Å². The van der Waals surface area contributed by atoms with E-state index in [2.05, 4.69) is 0 Å². The quantitative estimate of drug-likeness (QED) is 0.925. The molecule has 1 heterocycles. The third-order valence-corrected chi connectivity index (χ3v) is 5.14. The molecule has 1 aromatic heterocycles. The Kier molecular flexibility index (Phi) is 3.76. The monoisotopic (exact) mass is 266 g/mol. The molecule has 0 aliphatic rings. The van der Waals surface area contributed by atoms with Crippen molar-refractivity contribution >= 4 is 22.1 Å². The van der Waals surface area contributed by atoms with Gasteiger partial charge in [0.05, 0.1) is 21.8 Å². The topological polar surface area (TPSA) is 37.3 Å². The molecule has 2 aromatic rings. The maximum absolute atomic E-state index is 12.4. The van der Waals surface area contributed by atoms with Gasteiger partial charge in [0.2, 0.25) is 0 Å². The predicted molar refractivity (Wildman–Crippen MR) is 70.8 cm³/mol. The number of thiophene rings is 1. The number of rotatable bonds is 3. The zero-order valence-corrected chi connectivity index (χ0v) is 11.3. The molecule has 0 radical (unpaired) electrons. The minimum absolute atomic E-state index is 0.570. The van der Waals surface area contributed by atoms with Crippen LogP contribution in [0.1, 0.15) is 23.5 Å². The van der Waals surface area contributed by atoms with Crippen LogP contribution in [-0.4, -0.2) is 9.32 Å². The standard InChI is InChI=1S/C13H14O2S2/c1-9-3-5-11(6-4-9)17(15)12-7-8-16-13(12)10(2)14/h3-8,10,14H,1-2H3/t10-,17?/m1/s1. The Bertz CT molecular complexity index is 527. The van der Waals surface area contributed by atoms with Gasteiger partial charge in [-0.2, -0.15) is 0 Å². The number of hydrogen-bond donors (Lipinski definition) is 1. The predicted octanol–water partition coefficient (Wildman–Crippen LogP) is 3.28. The maximum Gasteiger partial charge on any atom is 0.0866 e. The van der Waals surface area contributed by atoms with Crippen LogP contribution < -0.4 is 0 Å². The van der Waals surface area contributed by atoms with E-state index in [0.29, 0.717) is 4.90 Å². The van der Waals surface area contributed by atoms with Crippen LogP contribution in [0.3, 0.4) is 0 Å². The molecule has 1 unspecified atom stereocenters. The van der Waals surface area contributed by atoms with E-state index < -0.39 is 16.9 Å². The molecule has 17 heavy (non-hydrogen) atoms. The van der Waals surface area contributed by atoms with Crippen molar-refractivity contribution in [1.29, 1.82) is 0 Å². The Labute approximate surface area is 107 Å². The average Bonchev–Trinajstić information content (AvgIpc) is 2.78. The van der Waals surface area contributed by atoms with Crippen molar-refractivity contribution in [2.45, 2.75) is 29.7 Å². The van der Waals surface area contributed by atoms with E-state index in [1.807, 2.05) is 42.6 Å². The molecule has 0 fully saturated rings. The second-order valence-electron chi connectivity index (χ2n) is 3.91. The van der Waals surface area contributed by atoms with Crippen molar-refractivity contribution in [3.8, 4) is 0 Å². The molecule has 0 saturated heterocycles. The highest BCUT2D eigenvalue weighted by Gasteiger charge is 2.16. The molecule has 1 N–H and O–H groups in total. The number of aliphatic hydroxyl groups excluding tert-OH is 1. The van der Waals surface area contributed by atoms with Crippen molar-refractivity contribution in [2.24, 2.45) is 0 Å². The highest BCUT2D eigenvalue weighted by Crippen LogP contribution is 2.29. The van der Waals surface area contributed by atoms with Crippen molar-refractivity contribution < 1.29 is 9.32 Å². The summed E-state index contributed by atoms with van der Waals surface area (Å²) in [4.78, 5) is 2.27. The van der Waals surface area contributed by atoms with E-state index in [9.17, 15) is 9.32 Å². The van der Waals surface area contributed by atoms with Gasteiger partial charge >= 0.3 is 0 Å². The third-order valence-electron chi connectivity index (χ3n) is 2.47. The average molecular weight is 266 g/mol. The lowest BCUT2D eigenvalue weighted by Gasteiger charge is -2.06. The Morgan fingerprint density at radius 2 is 1.88 bits per heavy atom. The summed E-state index contributed by atoms with van der Waals surface area (Å²) in [5.74, 6) is 0. The van der Waals surface area contributed by atoms with E-state index in [-0.39, 0.29) is 0 Å². The molecule has 1 aromatic carbocycles. The van der Waals surface area contributed by atoms with Gasteiger partial charge in [0.15, 0.2) is 0 Å². The molecule has 0 aliphatic heterocycles. The van der Waals surface area contributed by atoms with Crippen LogP contribution in [0.4, 0.5) is 0 Å². The summed E-state index contributed by atoms with van der Waals surface area (Å²) in [6, 6.07) is 9.45. The smallest absolute Gasteiger partial charge is 0.0866 e. The fraction of sp³-hybridized carbons (Fsp3) is 0.231. The summed E-state index contributed by atoms with van der Waals surface area (Å²) in [6.45, 7) is 3.69. The Morgan fingerprint density at radius 1 is 1.24 bits per heavy atom. The summed E-state index contributed by atoms with van der Waals surface area (Å²) >= 11 is 1.44. The zero-order valence-electron chi connectivity index (χ0n) is 9.71. The lowest BCUT2D eigenvalue weighted by Crippen LogP contribution is -1.97. The lowest BCUT2D eigenvalue weighted by atomic mass is 10.2. The van der Waals surface area contributed by atoms with Gasteiger partial charge < -0.3 is 5.11 Å². The van der Waals surface area contributed by atoms with Gasteiger partial charge in [-0.1, -0.05) is 17.7 Å². The van der Waals surface area contributed by atoms with Crippen LogP contribution in [0.15, 0.2) is 45.5 Å². The van der Waals surface area contributed by atoms with Gasteiger partial charge in [0.25, 0.3) is 0 Å². The molecular formula is C13H14O2S2. The largest absolute Gasteiger partial charge is 0.388 e. The van der Waals surface area contributed by atoms with E-state index >= 15 is 0 Å². The van der Waals surface area contributed by atoms with Crippen molar-refractivity contribution in [1.82, 2.24) is 0 Å². The molecule has 2 rings (SSSR count). The molecule has 0 saturated carbocycles. The molecule has 0 aliphatic carbocycles. The van der Waals surface area contributed by atoms with Crippen molar-refractivity contribution in [2.75, 3.05) is 0 Å². The first kappa shape index (κ1) is 12.5. The summed E-state index contributed by atoms with van der Waals surface area (Å²) in [7, 11) is -1.21. The Balaban J connectivity index is 2.37. The van der Waals surface area contributed by atoms with E-state index in [1.54, 1.807) is 6.92 Å². The Morgan fingerprint density at radius 3 is 2.47 bits per heavy atom. The van der Waals surface area contributed by atoms with Gasteiger partial charge in [-0.25, -0.2) is 4.21 Å². The summed E-state index contributed by atoms with van der Waals surface area (Å²) < 4.78 is 12.4. The first-order valence-electron chi connectivity index (χ1n) is 5.33. The van der Waals surface area contributed by atoms with Crippen LogP contribution in [0.25, 0.3) is 0 Å². The highest BCUT2D eigenvalue weighted by molar-refractivity contribution is 7.85. The highest BCUT2D eigenvalue weighted by atomic mass is 32.2. The first-order chi connectivity index (χ1) is 8.09. The van der Waals surface area contributed by atoms with Crippen LogP contribution in [0.2, 0.25) is 0 Å². The minimum Gasteiger partial charge on any atom is -0.388 e. The van der Waals surface area contributed by atoms with Gasteiger partial charge in [-0.15, -0.1) is 11.3 Å². The molecule has 0 spiro atoms.